The molecule has 0 aromatic rings. The van der Waals surface area contributed by atoms with Crippen LogP contribution < -0.4 is 169 Å². The molecular formula is H8K3Mg3O5P. The Morgan fingerprint density at radius 1 is 0.833 bits per heavy atom. The van der Waals surface area contributed by atoms with Crippen molar-refractivity contribution >= 4 is 77.0 Å². The molecule has 0 saturated carbocycles. The quantitative estimate of drug-likeness (QED) is 0.326. The number of phosphoric acid groups is 1. The van der Waals surface area contributed by atoms with Crippen molar-refractivity contribution in [1.82, 2.24) is 0 Å². The molecule has 0 unspecified atom stereocenters. The molecule has 0 bridgehead atoms. The van der Waals surface area contributed by atoms with Crippen molar-refractivity contribution in [2.45, 2.75) is 0 Å². The Kier molecular flexibility index (Phi) is 131. The van der Waals surface area contributed by atoms with E-state index in [1.54, 1.807) is 0 Å². The van der Waals surface area contributed by atoms with Gasteiger partial charge in [0.1, 0.15) is 0 Å². The SMILES string of the molecule is O.O=P([O-])([O-])[O-].[H-].[H-].[H-].[H-].[H-].[H-].[K+].[K+].[K+].[Mg+2].[Mg+2].[Mg+2]. The summed E-state index contributed by atoms with van der Waals surface area (Å²) in [6.45, 7) is 0. The summed E-state index contributed by atoms with van der Waals surface area (Å²) in [5, 5.41) is 0. The van der Waals surface area contributed by atoms with Crippen molar-refractivity contribution in [2.24, 2.45) is 0 Å². The number of hydrogen-bond donors (Lipinski definition) is 0. The summed E-state index contributed by atoms with van der Waals surface area (Å²) in [6.07, 6.45) is 0. The Balaban J connectivity index is -0.00000000103. The first-order chi connectivity index (χ1) is 2.00. The van der Waals surface area contributed by atoms with Crippen molar-refractivity contribution in [2.75, 3.05) is 0 Å². The average Bonchev–Trinajstić information content (AvgIpc) is 0.722. The Morgan fingerprint density at radius 2 is 0.833 bits per heavy atom. The van der Waals surface area contributed by atoms with Gasteiger partial charge in [-0.3, -0.25) is 0 Å². The molecule has 0 aliphatic heterocycles. The van der Waals surface area contributed by atoms with E-state index in [9.17, 15) is 0 Å². The van der Waals surface area contributed by atoms with Crippen LogP contribution >= 0.6 is 7.82 Å². The first kappa shape index (κ1) is 50.6. The van der Waals surface area contributed by atoms with Crippen LogP contribution in [0.2, 0.25) is 0 Å². The van der Waals surface area contributed by atoms with Crippen LogP contribution in [0, 0.1) is 0 Å². The van der Waals surface area contributed by atoms with Gasteiger partial charge in [0.05, 0.1) is 0 Å². The fourth-order valence-corrected chi connectivity index (χ4v) is 0. The fraction of sp³-hybridized carbons (Fsp3) is 0. The van der Waals surface area contributed by atoms with Crippen molar-refractivity contribution < 1.29 is 187 Å². The van der Waals surface area contributed by atoms with E-state index in [0.29, 0.717) is 0 Å². The Labute approximate surface area is 256 Å². The van der Waals surface area contributed by atoms with Crippen LogP contribution in [0.4, 0.5) is 0 Å². The van der Waals surface area contributed by atoms with Gasteiger partial charge in [0.2, 0.25) is 0 Å². The van der Waals surface area contributed by atoms with Gasteiger partial charge in [-0.05, 0) is 0 Å². The van der Waals surface area contributed by atoms with E-state index in [1.165, 1.54) is 0 Å². The minimum Gasteiger partial charge on any atom is -1.00 e. The summed E-state index contributed by atoms with van der Waals surface area (Å²) >= 11 is 0. The van der Waals surface area contributed by atoms with E-state index in [-0.39, 0.29) is 237 Å². The zero-order valence-electron chi connectivity index (χ0n) is 13.7. The monoisotopic (exact) mass is 308 g/mol. The molecule has 2 N–H and O–H groups in total. The Morgan fingerprint density at radius 3 is 0.833 bits per heavy atom. The van der Waals surface area contributed by atoms with Crippen molar-refractivity contribution in [3.8, 4) is 0 Å². The van der Waals surface area contributed by atoms with Gasteiger partial charge in [-0.15, -0.1) is 0 Å². The van der Waals surface area contributed by atoms with Gasteiger partial charge in [0.15, 0.2) is 0 Å². The second kappa shape index (κ2) is 30.9. The summed E-state index contributed by atoms with van der Waals surface area (Å²) in [5.41, 5.74) is 0. The topological polar surface area (TPSA) is 118 Å². The Hall–Kier alpha value is 7.28. The molecule has 0 aliphatic rings. The maximum absolute atomic E-state index is 8.55. The van der Waals surface area contributed by atoms with E-state index in [2.05, 4.69) is 0 Å². The van der Waals surface area contributed by atoms with Crippen LogP contribution in [-0.4, -0.2) is 74.6 Å². The van der Waals surface area contributed by atoms with Crippen LogP contribution in [0.3, 0.4) is 0 Å². The van der Waals surface area contributed by atoms with Crippen LogP contribution in [0.1, 0.15) is 8.56 Å². The molecule has 0 spiro atoms. The smallest absolute Gasteiger partial charge is 1.00 e. The van der Waals surface area contributed by atoms with Gasteiger partial charge in [-0.25, -0.2) is 0 Å². The minimum atomic E-state index is -5.39. The molecule has 0 radical (unpaired) electrons. The number of hydrogen-bond acceptors (Lipinski definition) is 4. The summed E-state index contributed by atoms with van der Waals surface area (Å²) in [4.78, 5) is 25.6. The molecular weight excluding hydrogens is 301 g/mol. The molecule has 0 heterocycles. The van der Waals surface area contributed by atoms with Crippen molar-refractivity contribution in [3.63, 3.8) is 0 Å². The van der Waals surface area contributed by atoms with E-state index in [4.69, 9.17) is 19.2 Å². The summed E-state index contributed by atoms with van der Waals surface area (Å²) < 4.78 is 8.55. The van der Waals surface area contributed by atoms with Gasteiger partial charge in [-0.1, -0.05) is 0 Å². The standard InChI is InChI=1S/3K.3Mg.H3O4P.H2O.6H/c;;;;;;1-5(2,3)4;;;;;;;/h;;;;;;(H3,1,2,3,4);1H2;;;;;;/q3*+1;3*+2;;;6*-1/p-3. The molecule has 0 saturated heterocycles. The zero-order valence-corrected chi connectivity index (χ0v) is 22.2. The normalized spacial score (nSPS) is 4.92. The third-order valence-electron chi connectivity index (χ3n) is 0. The molecule has 0 fully saturated rings. The Bertz CT molecular complexity index is 84.6. The van der Waals surface area contributed by atoms with Gasteiger partial charge in [-0.2, -0.15) is 7.82 Å². The first-order valence-electron chi connectivity index (χ1n) is 0.730. The first-order valence-corrected chi connectivity index (χ1v) is 2.19. The average molecular weight is 309 g/mol. The largest absolute Gasteiger partial charge is 2.00 e. The van der Waals surface area contributed by atoms with Crippen LogP contribution in [0.5, 0.6) is 0 Å². The zero-order chi connectivity index (χ0) is 4.50. The predicted octanol–water partition coefficient (Wildman–Crippen LogP) is -13.1. The summed E-state index contributed by atoms with van der Waals surface area (Å²) in [7, 11) is -5.39. The molecule has 52 valence electrons. The molecule has 12 heteroatoms. The second-order valence-corrected chi connectivity index (χ2v) is 1.34. The molecule has 0 amide bonds. The molecule has 5 nitrogen and oxygen atoms in total. The van der Waals surface area contributed by atoms with Crippen LogP contribution in [-0.2, 0) is 4.57 Å². The summed E-state index contributed by atoms with van der Waals surface area (Å²) in [6, 6.07) is 0. The van der Waals surface area contributed by atoms with E-state index >= 15 is 0 Å². The number of rotatable bonds is 0. The van der Waals surface area contributed by atoms with Crippen molar-refractivity contribution in [1.29, 1.82) is 0 Å². The maximum Gasteiger partial charge on any atom is 2.00 e. The molecule has 0 rings (SSSR count). The minimum absolute atomic E-state index is 0. The van der Waals surface area contributed by atoms with Crippen molar-refractivity contribution in [3.05, 3.63) is 0 Å². The van der Waals surface area contributed by atoms with Gasteiger partial charge < -0.3 is 33.3 Å². The van der Waals surface area contributed by atoms with Gasteiger partial charge in [0, 0.05) is 0 Å². The summed E-state index contributed by atoms with van der Waals surface area (Å²) in [5.74, 6) is 0. The molecule has 0 aliphatic carbocycles. The fourth-order valence-electron chi connectivity index (χ4n) is 0. The van der Waals surface area contributed by atoms with E-state index in [0.717, 1.165) is 0 Å². The maximum atomic E-state index is 8.55. The second-order valence-electron chi connectivity index (χ2n) is 0.447. The van der Waals surface area contributed by atoms with E-state index in [1.807, 2.05) is 0 Å². The van der Waals surface area contributed by atoms with E-state index < -0.39 is 7.82 Å². The van der Waals surface area contributed by atoms with Crippen LogP contribution in [0.15, 0.2) is 0 Å². The van der Waals surface area contributed by atoms with Crippen LogP contribution in [0.25, 0.3) is 0 Å². The molecule has 0 atom stereocenters. The molecule has 0 aromatic carbocycles. The van der Waals surface area contributed by atoms with Gasteiger partial charge in [0.25, 0.3) is 0 Å². The third kappa shape index (κ3) is 86.4. The predicted molar refractivity (Wildman–Crippen MR) is 35.2 cm³/mol. The molecule has 12 heavy (non-hydrogen) atoms. The molecule has 0 aromatic heterocycles. The third-order valence-corrected chi connectivity index (χ3v) is 0. The van der Waals surface area contributed by atoms with Gasteiger partial charge >= 0.3 is 223 Å².